The van der Waals surface area contributed by atoms with E-state index in [9.17, 15) is 0 Å². The maximum absolute atomic E-state index is 4.60. The van der Waals surface area contributed by atoms with E-state index in [1.807, 2.05) is 0 Å². The van der Waals surface area contributed by atoms with Crippen molar-refractivity contribution >= 4 is 35.3 Å². The maximum atomic E-state index is 4.60. The van der Waals surface area contributed by atoms with E-state index in [1.165, 1.54) is 38.5 Å². The van der Waals surface area contributed by atoms with Crippen LogP contribution in [0.25, 0.3) is 0 Å². The summed E-state index contributed by atoms with van der Waals surface area (Å²) in [5, 5.41) is 2.70. The van der Waals surface area contributed by atoms with Crippen LogP contribution in [0.15, 0.2) is 15.5 Å². The second kappa shape index (κ2) is 12.6. The molecule has 21 heavy (non-hydrogen) atoms. The van der Waals surface area contributed by atoms with E-state index >= 15 is 0 Å². The van der Waals surface area contributed by atoms with Crippen molar-refractivity contribution in [2.45, 2.75) is 74.8 Å². The average molecular weight is 346 g/mol. The SMILES string of the molecule is CCCCSc1nc(SCCCC)nc(SCCCC)n1. The van der Waals surface area contributed by atoms with E-state index in [0.29, 0.717) is 0 Å². The first-order valence-electron chi connectivity index (χ1n) is 7.94. The van der Waals surface area contributed by atoms with Gasteiger partial charge in [0, 0.05) is 17.3 Å². The van der Waals surface area contributed by atoms with Crippen LogP contribution >= 0.6 is 35.3 Å². The van der Waals surface area contributed by atoms with Gasteiger partial charge in [-0.3, -0.25) is 0 Å². The van der Waals surface area contributed by atoms with Gasteiger partial charge in [0.05, 0.1) is 0 Å². The molecule has 6 heteroatoms. The lowest BCUT2D eigenvalue weighted by Crippen LogP contribution is -1.99. The molecule has 0 spiro atoms. The van der Waals surface area contributed by atoms with Crippen molar-refractivity contribution in [2.24, 2.45) is 0 Å². The molecule has 0 amide bonds. The Labute approximate surface area is 142 Å². The predicted octanol–water partition coefficient (Wildman–Crippen LogP) is 5.55. The Hall–Kier alpha value is 0.0600. The van der Waals surface area contributed by atoms with Gasteiger partial charge in [-0.2, -0.15) is 15.0 Å². The number of nitrogens with zero attached hydrogens (tertiary/aromatic N) is 3. The zero-order valence-corrected chi connectivity index (χ0v) is 15.9. The van der Waals surface area contributed by atoms with E-state index in [4.69, 9.17) is 0 Å². The van der Waals surface area contributed by atoms with Crippen molar-refractivity contribution in [2.75, 3.05) is 17.3 Å². The fourth-order valence-electron chi connectivity index (χ4n) is 1.44. The summed E-state index contributed by atoms with van der Waals surface area (Å²) in [6, 6.07) is 0. The van der Waals surface area contributed by atoms with Gasteiger partial charge in [0.2, 0.25) is 0 Å². The van der Waals surface area contributed by atoms with Gasteiger partial charge in [0.25, 0.3) is 0 Å². The smallest absolute Gasteiger partial charge is 0.192 e. The Bertz CT molecular complexity index is 319. The highest BCUT2D eigenvalue weighted by atomic mass is 32.2. The molecule has 0 fully saturated rings. The minimum atomic E-state index is 0.899. The Kier molecular flexibility index (Phi) is 11.5. The second-order valence-corrected chi connectivity index (χ2v) is 7.98. The van der Waals surface area contributed by atoms with Gasteiger partial charge in [0.15, 0.2) is 15.5 Å². The summed E-state index contributed by atoms with van der Waals surface area (Å²) in [5.41, 5.74) is 0. The molecule has 0 atom stereocenters. The monoisotopic (exact) mass is 345 g/mol. The fraction of sp³-hybridized carbons (Fsp3) is 0.800. The standard InChI is InChI=1S/C15H27N3S3/c1-4-7-10-19-13-16-14(20-11-8-5-2)18-15(17-13)21-12-9-6-3/h4-12H2,1-3H3. The highest BCUT2D eigenvalue weighted by Crippen LogP contribution is 2.24. The normalized spacial score (nSPS) is 11.0. The van der Waals surface area contributed by atoms with E-state index in [0.717, 1.165) is 32.7 Å². The zero-order valence-electron chi connectivity index (χ0n) is 13.4. The molecular weight excluding hydrogens is 318 g/mol. The van der Waals surface area contributed by atoms with Gasteiger partial charge in [-0.15, -0.1) is 0 Å². The first kappa shape index (κ1) is 19.1. The lowest BCUT2D eigenvalue weighted by atomic mass is 10.4. The van der Waals surface area contributed by atoms with Gasteiger partial charge in [-0.1, -0.05) is 75.3 Å². The molecule has 0 aliphatic heterocycles. The molecule has 1 heterocycles. The highest BCUT2D eigenvalue weighted by Gasteiger charge is 2.08. The Morgan fingerprint density at radius 2 is 0.857 bits per heavy atom. The van der Waals surface area contributed by atoms with Gasteiger partial charge in [-0.25, -0.2) is 0 Å². The summed E-state index contributed by atoms with van der Waals surface area (Å²) in [6.07, 6.45) is 7.30. The summed E-state index contributed by atoms with van der Waals surface area (Å²) in [5.74, 6) is 3.29. The Morgan fingerprint density at radius 3 is 1.10 bits per heavy atom. The zero-order chi connectivity index (χ0) is 15.3. The lowest BCUT2D eigenvalue weighted by Gasteiger charge is -2.06. The van der Waals surface area contributed by atoms with E-state index in [-0.39, 0.29) is 0 Å². The molecule has 1 aromatic rings. The third-order valence-corrected chi connectivity index (χ3v) is 5.56. The van der Waals surface area contributed by atoms with Gasteiger partial charge < -0.3 is 0 Å². The number of unbranched alkanes of at least 4 members (excludes halogenated alkanes) is 3. The first-order valence-corrected chi connectivity index (χ1v) is 10.9. The molecule has 0 radical (unpaired) electrons. The van der Waals surface area contributed by atoms with Crippen LogP contribution in [0.2, 0.25) is 0 Å². The number of aromatic nitrogens is 3. The third-order valence-electron chi connectivity index (χ3n) is 2.76. The molecule has 0 unspecified atom stereocenters. The molecule has 0 N–H and O–H groups in total. The first-order chi connectivity index (χ1) is 10.3. The molecule has 1 rings (SSSR count). The average Bonchev–Trinajstić information content (AvgIpc) is 2.48. The van der Waals surface area contributed by atoms with Crippen LogP contribution in [0, 0.1) is 0 Å². The number of rotatable bonds is 12. The van der Waals surface area contributed by atoms with Crippen molar-refractivity contribution in [3.63, 3.8) is 0 Å². The number of hydrogen-bond acceptors (Lipinski definition) is 6. The van der Waals surface area contributed by atoms with Crippen LogP contribution in [-0.2, 0) is 0 Å². The third kappa shape index (κ3) is 8.94. The molecule has 0 saturated heterocycles. The summed E-state index contributed by atoms with van der Waals surface area (Å²) in [6.45, 7) is 6.64. The van der Waals surface area contributed by atoms with Crippen molar-refractivity contribution in [1.82, 2.24) is 15.0 Å². The van der Waals surface area contributed by atoms with Crippen molar-refractivity contribution in [1.29, 1.82) is 0 Å². The predicted molar refractivity (Wildman–Crippen MR) is 96.7 cm³/mol. The fourth-order valence-corrected chi connectivity index (χ4v) is 4.36. The minimum absolute atomic E-state index is 0.899. The van der Waals surface area contributed by atoms with Crippen molar-refractivity contribution < 1.29 is 0 Å². The van der Waals surface area contributed by atoms with Crippen LogP contribution in [0.4, 0.5) is 0 Å². The molecule has 0 saturated carbocycles. The van der Waals surface area contributed by atoms with Crippen molar-refractivity contribution in [3.8, 4) is 0 Å². The summed E-state index contributed by atoms with van der Waals surface area (Å²) in [7, 11) is 0. The Morgan fingerprint density at radius 1 is 0.571 bits per heavy atom. The molecule has 0 aromatic carbocycles. The molecule has 1 aromatic heterocycles. The van der Waals surface area contributed by atoms with Crippen molar-refractivity contribution in [3.05, 3.63) is 0 Å². The lowest BCUT2D eigenvalue weighted by molar-refractivity contribution is 0.714. The van der Waals surface area contributed by atoms with Crippen LogP contribution < -0.4 is 0 Å². The van der Waals surface area contributed by atoms with Gasteiger partial charge in [0.1, 0.15) is 0 Å². The van der Waals surface area contributed by atoms with Crippen LogP contribution in [-0.4, -0.2) is 32.2 Å². The summed E-state index contributed by atoms with van der Waals surface area (Å²) < 4.78 is 0. The number of hydrogen-bond donors (Lipinski definition) is 0. The maximum Gasteiger partial charge on any atom is 0.192 e. The quantitative estimate of drug-likeness (QED) is 0.365. The topological polar surface area (TPSA) is 38.7 Å². The minimum Gasteiger partial charge on any atom is -0.196 e. The van der Waals surface area contributed by atoms with Crippen LogP contribution in [0.1, 0.15) is 59.3 Å². The molecule has 0 bridgehead atoms. The Balaban J connectivity index is 2.65. The van der Waals surface area contributed by atoms with Crippen LogP contribution in [0.5, 0.6) is 0 Å². The largest absolute Gasteiger partial charge is 0.196 e. The van der Waals surface area contributed by atoms with Gasteiger partial charge in [-0.05, 0) is 19.3 Å². The van der Waals surface area contributed by atoms with Gasteiger partial charge >= 0.3 is 0 Å². The number of thioether (sulfide) groups is 3. The van der Waals surface area contributed by atoms with Crippen LogP contribution in [0.3, 0.4) is 0 Å². The molecule has 3 nitrogen and oxygen atoms in total. The van der Waals surface area contributed by atoms with E-state index in [1.54, 1.807) is 35.3 Å². The molecule has 120 valence electrons. The molecule has 0 aliphatic carbocycles. The molecular formula is C15H27N3S3. The summed E-state index contributed by atoms with van der Waals surface area (Å²) in [4.78, 5) is 13.8. The van der Waals surface area contributed by atoms with E-state index < -0.39 is 0 Å². The second-order valence-electron chi connectivity index (χ2n) is 4.79. The van der Waals surface area contributed by atoms with E-state index in [2.05, 4.69) is 35.7 Å². The summed E-state index contributed by atoms with van der Waals surface area (Å²) >= 11 is 5.29. The highest BCUT2D eigenvalue weighted by molar-refractivity contribution is 8.00. The molecule has 0 aliphatic rings.